The number of rotatable bonds is 6. The Morgan fingerprint density at radius 3 is 2.58 bits per heavy atom. The molecule has 0 amide bonds. The van der Waals surface area contributed by atoms with E-state index in [0.29, 0.717) is 11.1 Å². The normalized spacial score (nSPS) is 11.8. The fourth-order valence-corrected chi connectivity index (χ4v) is 3.95. The molecule has 3 rings (SSSR count). The maximum atomic E-state index is 12.9. The van der Waals surface area contributed by atoms with Crippen molar-refractivity contribution < 1.29 is 12.8 Å². The van der Waals surface area contributed by atoms with Gasteiger partial charge in [0.1, 0.15) is 5.82 Å². The molecule has 1 aromatic heterocycles. The highest BCUT2D eigenvalue weighted by molar-refractivity contribution is 7.88. The SMILES string of the molecule is Cc1cccc2cc(CCNS(=O)(=O)Cc3ccc(F)cc3)c(=O)[nH]c12. The first-order chi connectivity index (χ1) is 12.3. The highest BCUT2D eigenvalue weighted by atomic mass is 32.2. The Labute approximate surface area is 150 Å². The molecule has 5 nitrogen and oxygen atoms in total. The summed E-state index contributed by atoms with van der Waals surface area (Å²) in [5.74, 6) is -0.648. The third-order valence-corrected chi connectivity index (χ3v) is 5.51. The summed E-state index contributed by atoms with van der Waals surface area (Å²) in [4.78, 5) is 15.0. The fourth-order valence-electron chi connectivity index (χ4n) is 2.81. The van der Waals surface area contributed by atoms with E-state index in [4.69, 9.17) is 0 Å². The summed E-state index contributed by atoms with van der Waals surface area (Å²) < 4.78 is 39.6. The van der Waals surface area contributed by atoms with Gasteiger partial charge in [-0.25, -0.2) is 17.5 Å². The number of fused-ring (bicyclic) bond motifs is 1. The van der Waals surface area contributed by atoms with Crippen LogP contribution in [0.5, 0.6) is 0 Å². The van der Waals surface area contributed by atoms with Crippen LogP contribution in [0.2, 0.25) is 0 Å². The van der Waals surface area contributed by atoms with E-state index in [1.165, 1.54) is 24.3 Å². The Morgan fingerprint density at radius 1 is 1.12 bits per heavy atom. The molecule has 0 saturated carbocycles. The summed E-state index contributed by atoms with van der Waals surface area (Å²) in [6.07, 6.45) is 0.280. The van der Waals surface area contributed by atoms with Crippen LogP contribution in [0.25, 0.3) is 10.9 Å². The highest BCUT2D eigenvalue weighted by Crippen LogP contribution is 2.15. The largest absolute Gasteiger partial charge is 0.321 e. The first kappa shape index (κ1) is 18.3. The van der Waals surface area contributed by atoms with Crippen molar-refractivity contribution in [3.8, 4) is 0 Å². The molecular weight excluding hydrogens is 355 g/mol. The number of halogens is 1. The number of sulfonamides is 1. The van der Waals surface area contributed by atoms with Crippen LogP contribution in [-0.2, 0) is 22.2 Å². The van der Waals surface area contributed by atoms with Crippen molar-refractivity contribution in [3.05, 3.63) is 81.4 Å². The van der Waals surface area contributed by atoms with Crippen molar-refractivity contribution in [2.75, 3.05) is 6.54 Å². The van der Waals surface area contributed by atoms with E-state index in [0.717, 1.165) is 16.5 Å². The second kappa shape index (κ2) is 7.39. The highest BCUT2D eigenvalue weighted by Gasteiger charge is 2.12. The summed E-state index contributed by atoms with van der Waals surface area (Å²) in [6, 6.07) is 12.8. The lowest BCUT2D eigenvalue weighted by Crippen LogP contribution is -2.28. The zero-order valence-corrected chi connectivity index (χ0v) is 15.1. The first-order valence-corrected chi connectivity index (χ1v) is 9.82. The lowest BCUT2D eigenvalue weighted by molar-refractivity contribution is 0.580. The Kier molecular flexibility index (Phi) is 5.20. The molecule has 136 valence electrons. The van der Waals surface area contributed by atoms with Crippen LogP contribution in [0.3, 0.4) is 0 Å². The molecule has 2 N–H and O–H groups in total. The molecule has 7 heteroatoms. The van der Waals surface area contributed by atoms with Crippen molar-refractivity contribution in [3.63, 3.8) is 0 Å². The van der Waals surface area contributed by atoms with Gasteiger partial charge in [-0.3, -0.25) is 4.79 Å². The molecule has 0 aliphatic heterocycles. The maximum absolute atomic E-state index is 12.9. The molecule has 0 aliphatic rings. The minimum Gasteiger partial charge on any atom is -0.321 e. The van der Waals surface area contributed by atoms with E-state index in [9.17, 15) is 17.6 Å². The zero-order valence-electron chi connectivity index (χ0n) is 14.3. The van der Waals surface area contributed by atoms with Crippen LogP contribution < -0.4 is 10.3 Å². The molecule has 1 heterocycles. The van der Waals surface area contributed by atoms with Crippen LogP contribution in [0.15, 0.2) is 53.3 Å². The van der Waals surface area contributed by atoms with Gasteiger partial charge in [-0.2, -0.15) is 0 Å². The van der Waals surface area contributed by atoms with Gasteiger partial charge in [-0.1, -0.05) is 30.3 Å². The number of aryl methyl sites for hydroxylation is 1. The van der Waals surface area contributed by atoms with Crippen LogP contribution in [-0.4, -0.2) is 19.9 Å². The van der Waals surface area contributed by atoms with Gasteiger partial charge in [0.2, 0.25) is 10.0 Å². The molecular formula is C19H19FN2O3S. The smallest absolute Gasteiger partial charge is 0.251 e. The Morgan fingerprint density at radius 2 is 1.85 bits per heavy atom. The Bertz CT molecular complexity index is 1090. The van der Waals surface area contributed by atoms with E-state index >= 15 is 0 Å². The molecule has 2 aromatic carbocycles. The average Bonchev–Trinajstić information content (AvgIpc) is 2.58. The molecule has 0 saturated heterocycles. The third-order valence-electron chi connectivity index (χ3n) is 4.15. The number of nitrogens with one attached hydrogen (secondary N) is 2. The Balaban J connectivity index is 1.67. The van der Waals surface area contributed by atoms with Crippen LogP contribution in [0.1, 0.15) is 16.7 Å². The van der Waals surface area contributed by atoms with Crippen molar-refractivity contribution >= 4 is 20.9 Å². The van der Waals surface area contributed by atoms with Gasteiger partial charge in [0.25, 0.3) is 5.56 Å². The van der Waals surface area contributed by atoms with Crippen LogP contribution in [0.4, 0.5) is 4.39 Å². The van der Waals surface area contributed by atoms with E-state index in [1.807, 2.05) is 25.1 Å². The van der Waals surface area contributed by atoms with E-state index in [1.54, 1.807) is 6.07 Å². The number of aromatic amines is 1. The molecule has 0 atom stereocenters. The molecule has 26 heavy (non-hydrogen) atoms. The second-order valence-electron chi connectivity index (χ2n) is 6.19. The Hall–Kier alpha value is -2.51. The average molecular weight is 374 g/mol. The van der Waals surface area contributed by atoms with Gasteiger partial charge < -0.3 is 4.98 Å². The van der Waals surface area contributed by atoms with Gasteiger partial charge in [0.15, 0.2) is 0 Å². The van der Waals surface area contributed by atoms with Gasteiger partial charge in [-0.05, 0) is 48.1 Å². The molecule has 0 bridgehead atoms. The maximum Gasteiger partial charge on any atom is 0.251 e. The molecule has 0 aliphatic carbocycles. The quantitative estimate of drug-likeness (QED) is 0.696. The summed E-state index contributed by atoms with van der Waals surface area (Å²) >= 11 is 0. The van der Waals surface area contributed by atoms with Crippen molar-refractivity contribution in [1.29, 1.82) is 0 Å². The zero-order chi connectivity index (χ0) is 18.7. The van der Waals surface area contributed by atoms with Gasteiger partial charge in [0, 0.05) is 12.1 Å². The topological polar surface area (TPSA) is 79.0 Å². The van der Waals surface area contributed by atoms with Crippen LogP contribution >= 0.6 is 0 Å². The van der Waals surface area contributed by atoms with E-state index < -0.39 is 15.8 Å². The predicted molar refractivity (Wildman–Crippen MR) is 100 cm³/mol. The minimum atomic E-state index is -3.56. The van der Waals surface area contributed by atoms with Crippen molar-refractivity contribution in [2.45, 2.75) is 19.1 Å². The van der Waals surface area contributed by atoms with Crippen LogP contribution in [0, 0.1) is 12.7 Å². The van der Waals surface area contributed by atoms with Crippen molar-refractivity contribution in [2.24, 2.45) is 0 Å². The molecule has 0 radical (unpaired) electrons. The standard InChI is InChI=1S/C19H19FN2O3S/c1-13-3-2-4-15-11-16(19(23)22-18(13)15)9-10-21-26(24,25)12-14-5-7-17(20)8-6-14/h2-8,11,21H,9-10,12H2,1H3,(H,22,23). The van der Waals surface area contributed by atoms with Gasteiger partial charge >= 0.3 is 0 Å². The van der Waals surface area contributed by atoms with Gasteiger partial charge in [0.05, 0.1) is 11.3 Å². The van der Waals surface area contributed by atoms with Crippen molar-refractivity contribution in [1.82, 2.24) is 9.71 Å². The summed E-state index contributed by atoms with van der Waals surface area (Å²) in [5, 5.41) is 0.911. The minimum absolute atomic E-state index is 0.115. The number of hydrogen-bond donors (Lipinski definition) is 2. The molecule has 3 aromatic rings. The number of pyridine rings is 1. The second-order valence-corrected chi connectivity index (χ2v) is 8.00. The number of H-pyrrole nitrogens is 1. The lowest BCUT2D eigenvalue weighted by atomic mass is 10.1. The van der Waals surface area contributed by atoms with Gasteiger partial charge in [-0.15, -0.1) is 0 Å². The molecule has 0 unspecified atom stereocenters. The summed E-state index contributed by atoms with van der Waals surface area (Å²) in [5.41, 5.74) is 2.57. The molecule has 0 fully saturated rings. The third kappa shape index (κ3) is 4.36. The summed E-state index contributed by atoms with van der Waals surface area (Å²) in [7, 11) is -3.56. The fraction of sp³-hybridized carbons (Fsp3) is 0.211. The predicted octanol–water partition coefficient (Wildman–Crippen LogP) is 2.64. The van der Waals surface area contributed by atoms with E-state index in [-0.39, 0.29) is 24.3 Å². The number of hydrogen-bond acceptors (Lipinski definition) is 3. The number of aromatic nitrogens is 1. The number of para-hydroxylation sites is 1. The molecule has 0 spiro atoms. The van der Waals surface area contributed by atoms with E-state index in [2.05, 4.69) is 9.71 Å². The lowest BCUT2D eigenvalue weighted by Gasteiger charge is -2.08. The summed E-state index contributed by atoms with van der Waals surface area (Å²) in [6.45, 7) is 2.03. The monoisotopic (exact) mass is 374 g/mol. The first-order valence-electron chi connectivity index (χ1n) is 8.17. The number of benzene rings is 2.